The van der Waals surface area contributed by atoms with Gasteiger partial charge >= 0.3 is 0 Å². The fourth-order valence-corrected chi connectivity index (χ4v) is 3.05. The van der Waals surface area contributed by atoms with Crippen LogP contribution in [0.5, 0.6) is 0 Å². The second kappa shape index (κ2) is 4.81. The number of allylic oxidation sites excluding steroid dienone is 1. The van der Waals surface area contributed by atoms with Crippen LogP contribution in [0.1, 0.15) is 33.6 Å². The number of piperidine rings is 1. The Morgan fingerprint density at radius 2 is 2.05 bits per heavy atom. The van der Waals surface area contributed by atoms with E-state index in [2.05, 4.69) is 23.6 Å². The zero-order valence-corrected chi connectivity index (χ0v) is 12.5. The third-order valence-electron chi connectivity index (χ3n) is 4.17. The highest BCUT2D eigenvalue weighted by molar-refractivity contribution is 5.88. The Morgan fingerprint density at radius 1 is 1.35 bits per heavy atom. The van der Waals surface area contributed by atoms with Crippen LogP contribution in [0, 0.1) is 0 Å². The molecule has 0 spiro atoms. The molecule has 110 valence electrons. The first-order chi connectivity index (χ1) is 9.49. The maximum atomic E-state index is 12.8. The molecule has 3 aliphatic rings. The van der Waals surface area contributed by atoms with Crippen molar-refractivity contribution in [2.45, 2.75) is 45.3 Å². The molecule has 0 saturated carbocycles. The van der Waals surface area contributed by atoms with Gasteiger partial charge in [-0.05, 0) is 52.8 Å². The Balaban J connectivity index is 2.00. The van der Waals surface area contributed by atoms with Crippen molar-refractivity contribution >= 4 is 5.91 Å². The van der Waals surface area contributed by atoms with E-state index in [0.29, 0.717) is 0 Å². The number of nitrogens with zero attached hydrogens (tertiary/aromatic N) is 1. The number of rotatable bonds is 1. The van der Waals surface area contributed by atoms with Crippen molar-refractivity contribution in [3.05, 3.63) is 23.2 Å². The van der Waals surface area contributed by atoms with Crippen molar-refractivity contribution in [2.24, 2.45) is 0 Å². The van der Waals surface area contributed by atoms with Crippen LogP contribution >= 0.6 is 0 Å². The lowest BCUT2D eigenvalue weighted by molar-refractivity contribution is -0.156. The van der Waals surface area contributed by atoms with Crippen LogP contribution < -0.4 is 10.6 Å². The topological polar surface area (TPSA) is 53.6 Å². The highest BCUT2D eigenvalue weighted by Crippen LogP contribution is 2.34. The molecule has 1 amide bonds. The van der Waals surface area contributed by atoms with Crippen LogP contribution in [0.25, 0.3) is 0 Å². The number of ether oxygens (including phenoxy) is 1. The van der Waals surface area contributed by atoms with Gasteiger partial charge in [-0.3, -0.25) is 4.79 Å². The smallest absolute Gasteiger partial charge is 0.271 e. The minimum atomic E-state index is -0.796. The van der Waals surface area contributed by atoms with E-state index < -0.39 is 5.60 Å². The molecule has 3 aliphatic heterocycles. The fourth-order valence-electron chi connectivity index (χ4n) is 3.05. The number of hydrogen-bond donors (Lipinski definition) is 2. The van der Waals surface area contributed by atoms with E-state index in [1.165, 1.54) is 5.57 Å². The minimum absolute atomic E-state index is 0.0656. The largest absolute Gasteiger partial charge is 0.462 e. The molecule has 1 fully saturated rings. The van der Waals surface area contributed by atoms with Gasteiger partial charge in [-0.1, -0.05) is 5.57 Å². The summed E-state index contributed by atoms with van der Waals surface area (Å²) in [6.07, 6.45) is 4.07. The summed E-state index contributed by atoms with van der Waals surface area (Å²) in [5.41, 5.74) is 1.33. The number of carbonyl (C=O) groups is 1. The monoisotopic (exact) mass is 277 g/mol. The van der Waals surface area contributed by atoms with Crippen molar-refractivity contribution in [3.63, 3.8) is 0 Å². The predicted molar refractivity (Wildman–Crippen MR) is 76.7 cm³/mol. The van der Waals surface area contributed by atoms with Gasteiger partial charge in [0.15, 0.2) is 5.60 Å². The Bertz CT molecular complexity index is 487. The van der Waals surface area contributed by atoms with Gasteiger partial charge in [-0.2, -0.15) is 0 Å². The standard InChI is InChI=1S/C15H23N3O2/c1-10-8-12-13(17-9-10)20-15(2,3)14(19)18(12)11-4-6-16-7-5-11/h8,11,16-17H,4-7,9H2,1-3H3. The van der Waals surface area contributed by atoms with Gasteiger partial charge in [0, 0.05) is 12.6 Å². The molecule has 2 N–H and O–H groups in total. The summed E-state index contributed by atoms with van der Waals surface area (Å²) in [6.45, 7) is 8.48. The Morgan fingerprint density at radius 3 is 2.75 bits per heavy atom. The van der Waals surface area contributed by atoms with E-state index in [9.17, 15) is 4.79 Å². The number of amides is 1. The number of nitrogens with one attached hydrogen (secondary N) is 2. The van der Waals surface area contributed by atoms with Crippen molar-refractivity contribution in [3.8, 4) is 0 Å². The Kier molecular flexibility index (Phi) is 3.24. The molecule has 0 aromatic carbocycles. The molecule has 0 aliphatic carbocycles. The third kappa shape index (κ3) is 2.20. The molecule has 0 radical (unpaired) electrons. The maximum Gasteiger partial charge on any atom is 0.271 e. The quantitative estimate of drug-likeness (QED) is 0.753. The summed E-state index contributed by atoms with van der Waals surface area (Å²) in [7, 11) is 0. The summed E-state index contributed by atoms with van der Waals surface area (Å²) in [5, 5.41) is 6.65. The van der Waals surface area contributed by atoms with Crippen LogP contribution in [-0.4, -0.2) is 42.1 Å². The first kappa shape index (κ1) is 13.5. The average Bonchev–Trinajstić information content (AvgIpc) is 2.42. The SMILES string of the molecule is CC1=CC2=C(NC1)OC(C)(C)C(=O)N2C1CCNCC1. The fraction of sp³-hybridized carbons (Fsp3) is 0.667. The van der Waals surface area contributed by atoms with Crippen LogP contribution in [0.2, 0.25) is 0 Å². The second-order valence-corrected chi connectivity index (χ2v) is 6.33. The molecule has 0 unspecified atom stereocenters. The van der Waals surface area contributed by atoms with E-state index in [1.54, 1.807) is 0 Å². The molecule has 0 atom stereocenters. The van der Waals surface area contributed by atoms with E-state index >= 15 is 0 Å². The highest BCUT2D eigenvalue weighted by Gasteiger charge is 2.45. The summed E-state index contributed by atoms with van der Waals surface area (Å²) >= 11 is 0. The Labute approximate surface area is 120 Å². The predicted octanol–water partition coefficient (Wildman–Crippen LogP) is 1.09. The van der Waals surface area contributed by atoms with E-state index in [1.807, 2.05) is 18.7 Å². The highest BCUT2D eigenvalue weighted by atomic mass is 16.5. The lowest BCUT2D eigenvalue weighted by Gasteiger charge is -2.45. The molecule has 20 heavy (non-hydrogen) atoms. The van der Waals surface area contributed by atoms with Gasteiger partial charge in [0.1, 0.15) is 5.70 Å². The normalized spacial score (nSPS) is 26.6. The summed E-state index contributed by atoms with van der Waals surface area (Å²) in [5.74, 6) is 0.814. The minimum Gasteiger partial charge on any atom is -0.462 e. The number of carbonyl (C=O) groups excluding carboxylic acids is 1. The zero-order valence-electron chi connectivity index (χ0n) is 12.5. The molecule has 5 heteroatoms. The molecule has 0 aromatic heterocycles. The van der Waals surface area contributed by atoms with Crippen molar-refractivity contribution in [1.29, 1.82) is 0 Å². The third-order valence-corrected chi connectivity index (χ3v) is 4.17. The van der Waals surface area contributed by atoms with E-state index in [0.717, 1.165) is 44.1 Å². The van der Waals surface area contributed by atoms with Gasteiger partial charge < -0.3 is 20.3 Å². The first-order valence-electron chi connectivity index (χ1n) is 7.38. The summed E-state index contributed by atoms with van der Waals surface area (Å²) in [6, 6.07) is 0.265. The zero-order chi connectivity index (χ0) is 14.3. The number of hydrogen-bond acceptors (Lipinski definition) is 4. The van der Waals surface area contributed by atoms with Crippen molar-refractivity contribution in [2.75, 3.05) is 19.6 Å². The molecule has 5 nitrogen and oxygen atoms in total. The summed E-state index contributed by atoms with van der Waals surface area (Å²) < 4.78 is 5.88. The molecule has 3 heterocycles. The molecule has 3 rings (SSSR count). The van der Waals surface area contributed by atoms with Crippen LogP contribution in [-0.2, 0) is 9.53 Å². The molecule has 1 saturated heterocycles. The van der Waals surface area contributed by atoms with Gasteiger partial charge in [-0.25, -0.2) is 0 Å². The molecule has 0 bridgehead atoms. The lowest BCUT2D eigenvalue weighted by atomic mass is 9.97. The van der Waals surface area contributed by atoms with Gasteiger partial charge in [0.25, 0.3) is 5.91 Å². The second-order valence-electron chi connectivity index (χ2n) is 6.33. The van der Waals surface area contributed by atoms with Crippen LogP contribution in [0.3, 0.4) is 0 Å². The van der Waals surface area contributed by atoms with E-state index in [4.69, 9.17) is 4.74 Å². The maximum absolute atomic E-state index is 12.8. The van der Waals surface area contributed by atoms with E-state index in [-0.39, 0.29) is 11.9 Å². The van der Waals surface area contributed by atoms with Crippen LogP contribution in [0.15, 0.2) is 23.2 Å². The van der Waals surface area contributed by atoms with Crippen LogP contribution in [0.4, 0.5) is 0 Å². The lowest BCUT2D eigenvalue weighted by Crippen LogP contribution is -2.57. The summed E-state index contributed by atoms with van der Waals surface area (Å²) in [4.78, 5) is 14.8. The molecular weight excluding hydrogens is 254 g/mol. The Hall–Kier alpha value is -1.49. The first-order valence-corrected chi connectivity index (χ1v) is 7.38. The van der Waals surface area contributed by atoms with Crippen molar-refractivity contribution in [1.82, 2.24) is 15.5 Å². The van der Waals surface area contributed by atoms with Gasteiger partial charge in [0.05, 0.1) is 0 Å². The van der Waals surface area contributed by atoms with Gasteiger partial charge in [0.2, 0.25) is 5.88 Å². The van der Waals surface area contributed by atoms with Gasteiger partial charge in [-0.15, -0.1) is 0 Å². The molecular formula is C15H23N3O2. The average molecular weight is 277 g/mol. The number of dihydropyridines is 1. The molecule has 0 aromatic rings. The van der Waals surface area contributed by atoms with Crippen molar-refractivity contribution < 1.29 is 9.53 Å².